The lowest BCUT2D eigenvalue weighted by Gasteiger charge is -2.37. The minimum atomic E-state index is -0.830. The molecular formula is C14H20FNO2. The summed E-state index contributed by atoms with van der Waals surface area (Å²) in [5.41, 5.74) is 1.09. The molecule has 1 aromatic rings. The van der Waals surface area contributed by atoms with Crippen molar-refractivity contribution in [3.05, 3.63) is 29.6 Å². The highest BCUT2D eigenvalue weighted by Crippen LogP contribution is 2.31. The van der Waals surface area contributed by atoms with Gasteiger partial charge in [-0.2, -0.15) is 0 Å². The molecule has 0 spiro atoms. The summed E-state index contributed by atoms with van der Waals surface area (Å²) in [6, 6.07) is 4.86. The van der Waals surface area contributed by atoms with Crippen molar-refractivity contribution in [2.24, 2.45) is 5.92 Å². The van der Waals surface area contributed by atoms with Gasteiger partial charge in [-0.3, -0.25) is 0 Å². The van der Waals surface area contributed by atoms with E-state index in [1.807, 2.05) is 17.9 Å². The first-order chi connectivity index (χ1) is 8.50. The minimum Gasteiger partial charge on any atom is -0.393 e. The zero-order valence-electron chi connectivity index (χ0n) is 10.8. The van der Waals surface area contributed by atoms with Gasteiger partial charge < -0.3 is 15.1 Å². The van der Waals surface area contributed by atoms with Crippen molar-refractivity contribution in [2.45, 2.75) is 32.5 Å². The van der Waals surface area contributed by atoms with Crippen LogP contribution in [0.25, 0.3) is 0 Å². The van der Waals surface area contributed by atoms with Crippen molar-refractivity contribution in [1.82, 2.24) is 0 Å². The number of halogens is 1. The van der Waals surface area contributed by atoms with Crippen molar-refractivity contribution >= 4 is 5.69 Å². The van der Waals surface area contributed by atoms with E-state index >= 15 is 0 Å². The molecule has 0 radical (unpaired) electrons. The van der Waals surface area contributed by atoms with E-state index in [-0.39, 0.29) is 17.8 Å². The first-order valence-electron chi connectivity index (χ1n) is 6.40. The molecule has 1 saturated heterocycles. The smallest absolute Gasteiger partial charge is 0.131 e. The number of anilines is 1. The largest absolute Gasteiger partial charge is 0.393 e. The van der Waals surface area contributed by atoms with Gasteiger partial charge in [0, 0.05) is 24.3 Å². The summed E-state index contributed by atoms with van der Waals surface area (Å²) in [5.74, 6) is -0.217. The lowest BCUT2D eigenvalue weighted by atomic mass is 9.95. The van der Waals surface area contributed by atoms with Crippen LogP contribution in [0.2, 0.25) is 0 Å². The summed E-state index contributed by atoms with van der Waals surface area (Å²) in [6.45, 7) is 4.93. The fraction of sp³-hybridized carbons (Fsp3) is 0.571. The molecule has 0 amide bonds. The average Bonchev–Trinajstić information content (AvgIpc) is 2.32. The SMILES string of the molecule is CC1CN(c2cccc(F)c2[C@H](C)O)CCC1O. The Morgan fingerprint density at radius 1 is 1.44 bits per heavy atom. The normalized spacial score (nSPS) is 26.2. The minimum absolute atomic E-state index is 0.156. The highest BCUT2D eigenvalue weighted by atomic mass is 19.1. The second-order valence-electron chi connectivity index (χ2n) is 5.13. The molecule has 2 unspecified atom stereocenters. The summed E-state index contributed by atoms with van der Waals surface area (Å²) in [7, 11) is 0. The molecule has 0 aliphatic carbocycles. The number of rotatable bonds is 2. The van der Waals surface area contributed by atoms with Gasteiger partial charge in [-0.15, -0.1) is 0 Å². The number of nitrogens with zero attached hydrogens (tertiary/aromatic N) is 1. The molecule has 0 bridgehead atoms. The van der Waals surface area contributed by atoms with Crippen LogP contribution in [0.1, 0.15) is 31.9 Å². The third kappa shape index (κ3) is 2.49. The van der Waals surface area contributed by atoms with Crippen LogP contribution in [-0.4, -0.2) is 29.4 Å². The van der Waals surface area contributed by atoms with E-state index in [0.29, 0.717) is 25.1 Å². The van der Waals surface area contributed by atoms with E-state index in [0.717, 1.165) is 5.69 Å². The third-order valence-electron chi connectivity index (χ3n) is 3.65. The van der Waals surface area contributed by atoms with Crippen LogP contribution in [0.4, 0.5) is 10.1 Å². The number of aliphatic hydroxyl groups excluding tert-OH is 2. The summed E-state index contributed by atoms with van der Waals surface area (Å²) in [5, 5.41) is 19.4. The van der Waals surface area contributed by atoms with Crippen molar-refractivity contribution in [1.29, 1.82) is 0 Å². The Balaban J connectivity index is 2.31. The molecule has 3 nitrogen and oxygen atoms in total. The molecule has 0 aromatic heterocycles. The molecule has 1 aromatic carbocycles. The van der Waals surface area contributed by atoms with Crippen molar-refractivity contribution in [2.75, 3.05) is 18.0 Å². The Kier molecular flexibility index (Phi) is 3.88. The van der Waals surface area contributed by atoms with Crippen LogP contribution in [0.5, 0.6) is 0 Å². The van der Waals surface area contributed by atoms with Crippen molar-refractivity contribution in [3.63, 3.8) is 0 Å². The average molecular weight is 253 g/mol. The van der Waals surface area contributed by atoms with E-state index in [4.69, 9.17) is 0 Å². The van der Waals surface area contributed by atoms with E-state index in [9.17, 15) is 14.6 Å². The standard InChI is InChI=1S/C14H20FNO2/c1-9-8-16(7-6-13(9)18)12-5-3-4-11(15)14(12)10(2)17/h3-5,9-10,13,17-18H,6-8H2,1-2H3/t9?,10-,13?/m0/s1. The molecule has 18 heavy (non-hydrogen) atoms. The van der Waals surface area contributed by atoms with Crippen LogP contribution >= 0.6 is 0 Å². The van der Waals surface area contributed by atoms with Gasteiger partial charge in [0.05, 0.1) is 12.2 Å². The predicted octanol–water partition coefficient (Wildman–Crippen LogP) is 2.09. The van der Waals surface area contributed by atoms with Gasteiger partial charge in [0.2, 0.25) is 0 Å². The summed E-state index contributed by atoms with van der Waals surface area (Å²) in [6.07, 6.45) is -0.440. The van der Waals surface area contributed by atoms with Crippen LogP contribution in [0.3, 0.4) is 0 Å². The highest BCUT2D eigenvalue weighted by molar-refractivity contribution is 5.55. The zero-order valence-corrected chi connectivity index (χ0v) is 10.8. The molecule has 0 saturated carbocycles. The van der Waals surface area contributed by atoms with Gasteiger partial charge in [-0.25, -0.2) is 4.39 Å². The molecule has 1 aliphatic rings. The third-order valence-corrected chi connectivity index (χ3v) is 3.65. The van der Waals surface area contributed by atoms with Gasteiger partial charge in [-0.1, -0.05) is 13.0 Å². The molecule has 1 fully saturated rings. The van der Waals surface area contributed by atoms with E-state index < -0.39 is 6.10 Å². The number of benzene rings is 1. The first-order valence-corrected chi connectivity index (χ1v) is 6.40. The molecule has 1 aliphatic heterocycles. The fourth-order valence-electron chi connectivity index (χ4n) is 2.57. The quantitative estimate of drug-likeness (QED) is 0.848. The molecule has 3 atom stereocenters. The van der Waals surface area contributed by atoms with Crippen molar-refractivity contribution in [3.8, 4) is 0 Å². The Bertz CT molecular complexity index is 422. The number of hydrogen-bond donors (Lipinski definition) is 2. The molecule has 100 valence electrons. The molecule has 2 rings (SSSR count). The molecular weight excluding hydrogens is 233 g/mol. The number of hydrogen-bond acceptors (Lipinski definition) is 3. The van der Waals surface area contributed by atoms with Crippen LogP contribution < -0.4 is 4.90 Å². The maximum absolute atomic E-state index is 13.8. The van der Waals surface area contributed by atoms with Crippen LogP contribution in [0, 0.1) is 11.7 Å². The van der Waals surface area contributed by atoms with E-state index in [1.165, 1.54) is 6.07 Å². The molecule has 1 heterocycles. The van der Waals surface area contributed by atoms with E-state index in [2.05, 4.69) is 0 Å². The molecule has 4 heteroatoms. The Hall–Kier alpha value is -1.13. The Morgan fingerprint density at radius 3 is 2.78 bits per heavy atom. The summed E-state index contributed by atoms with van der Waals surface area (Å²) >= 11 is 0. The maximum Gasteiger partial charge on any atom is 0.131 e. The van der Waals surface area contributed by atoms with Crippen molar-refractivity contribution < 1.29 is 14.6 Å². The van der Waals surface area contributed by atoms with Crippen LogP contribution in [0.15, 0.2) is 18.2 Å². The summed E-state index contributed by atoms with van der Waals surface area (Å²) < 4.78 is 13.8. The van der Waals surface area contributed by atoms with E-state index in [1.54, 1.807) is 13.0 Å². The zero-order chi connectivity index (χ0) is 13.3. The second kappa shape index (κ2) is 5.24. The predicted molar refractivity (Wildman–Crippen MR) is 69.0 cm³/mol. The second-order valence-corrected chi connectivity index (χ2v) is 5.13. The van der Waals surface area contributed by atoms with Crippen LogP contribution in [-0.2, 0) is 0 Å². The van der Waals surface area contributed by atoms with Gasteiger partial charge in [0.25, 0.3) is 0 Å². The summed E-state index contributed by atoms with van der Waals surface area (Å²) in [4.78, 5) is 2.04. The monoisotopic (exact) mass is 253 g/mol. The fourth-order valence-corrected chi connectivity index (χ4v) is 2.57. The lowest BCUT2D eigenvalue weighted by Crippen LogP contribution is -2.42. The van der Waals surface area contributed by atoms with Gasteiger partial charge in [0.15, 0.2) is 0 Å². The topological polar surface area (TPSA) is 43.7 Å². The Morgan fingerprint density at radius 2 is 2.17 bits per heavy atom. The van der Waals surface area contributed by atoms with Gasteiger partial charge in [0.1, 0.15) is 5.82 Å². The van der Waals surface area contributed by atoms with Gasteiger partial charge >= 0.3 is 0 Å². The maximum atomic E-state index is 13.8. The highest BCUT2D eigenvalue weighted by Gasteiger charge is 2.27. The first kappa shape index (κ1) is 13.3. The molecule has 2 N–H and O–H groups in total. The lowest BCUT2D eigenvalue weighted by molar-refractivity contribution is 0.0968. The number of aliphatic hydroxyl groups is 2. The van der Waals surface area contributed by atoms with Gasteiger partial charge in [-0.05, 0) is 31.4 Å². The number of piperidine rings is 1. The Labute approximate surface area is 107 Å².